The molecule has 1 amide bonds. The molecule has 0 saturated heterocycles. The molecular weight excluding hydrogens is 278 g/mol. The summed E-state index contributed by atoms with van der Waals surface area (Å²) >= 11 is 0. The molecule has 1 rings (SSSR count). The van der Waals surface area contributed by atoms with Crippen LogP contribution >= 0.6 is 0 Å². The Labute approximate surface area is 121 Å². The number of rotatable bonds is 8. The minimum absolute atomic E-state index is 0.0298. The summed E-state index contributed by atoms with van der Waals surface area (Å²) in [5.74, 6) is -2.23. The standard InChI is InChI=1S/C14H17NO6/c16-12(17)8-4-7-11(13(18)19)15-14(20)21-9-10-5-2-1-3-6-10/h1-3,5-6,11H,4,7-9H2,(H,15,20)(H,16,17)(H,18,19)/t11-/m0/s1. The number of carboxylic acid groups (broad SMARTS) is 2. The Morgan fingerprint density at radius 2 is 1.81 bits per heavy atom. The van der Waals surface area contributed by atoms with Gasteiger partial charge in [-0.3, -0.25) is 4.79 Å². The Kier molecular flexibility index (Phi) is 6.73. The molecule has 7 heteroatoms. The van der Waals surface area contributed by atoms with Gasteiger partial charge in [0, 0.05) is 6.42 Å². The largest absolute Gasteiger partial charge is 0.481 e. The van der Waals surface area contributed by atoms with E-state index in [0.29, 0.717) is 0 Å². The van der Waals surface area contributed by atoms with E-state index in [-0.39, 0.29) is 25.9 Å². The summed E-state index contributed by atoms with van der Waals surface area (Å²) in [5, 5.41) is 19.7. The van der Waals surface area contributed by atoms with Crippen LogP contribution in [0.2, 0.25) is 0 Å². The van der Waals surface area contributed by atoms with E-state index in [1.807, 2.05) is 6.07 Å². The van der Waals surface area contributed by atoms with E-state index in [1.54, 1.807) is 24.3 Å². The first-order valence-corrected chi connectivity index (χ1v) is 6.41. The second-order valence-corrected chi connectivity index (χ2v) is 4.38. The predicted molar refractivity (Wildman–Crippen MR) is 72.7 cm³/mol. The number of hydrogen-bond acceptors (Lipinski definition) is 4. The zero-order chi connectivity index (χ0) is 15.7. The van der Waals surface area contributed by atoms with Crippen LogP contribution in [0.25, 0.3) is 0 Å². The summed E-state index contributed by atoms with van der Waals surface area (Å²) in [5.41, 5.74) is 0.783. The van der Waals surface area contributed by atoms with Crippen LogP contribution in [-0.2, 0) is 20.9 Å². The van der Waals surface area contributed by atoms with Crippen LogP contribution in [0.15, 0.2) is 30.3 Å². The normalized spacial score (nSPS) is 11.4. The summed E-state index contributed by atoms with van der Waals surface area (Å²) in [4.78, 5) is 32.9. The quantitative estimate of drug-likeness (QED) is 0.671. The number of carboxylic acids is 2. The second-order valence-electron chi connectivity index (χ2n) is 4.38. The number of amides is 1. The third-order valence-corrected chi connectivity index (χ3v) is 2.69. The molecule has 1 aromatic rings. The van der Waals surface area contributed by atoms with E-state index in [0.717, 1.165) is 5.56 Å². The fraction of sp³-hybridized carbons (Fsp3) is 0.357. The summed E-state index contributed by atoms with van der Waals surface area (Å²) in [6.45, 7) is 0.0359. The monoisotopic (exact) mass is 295 g/mol. The zero-order valence-corrected chi connectivity index (χ0v) is 11.3. The van der Waals surface area contributed by atoms with Crippen LogP contribution in [0.1, 0.15) is 24.8 Å². The lowest BCUT2D eigenvalue weighted by Crippen LogP contribution is -2.41. The maximum atomic E-state index is 11.5. The molecule has 0 saturated carbocycles. The average Bonchev–Trinajstić information content (AvgIpc) is 2.44. The molecule has 0 bridgehead atoms. The van der Waals surface area contributed by atoms with Gasteiger partial charge in [-0.15, -0.1) is 0 Å². The van der Waals surface area contributed by atoms with E-state index in [1.165, 1.54) is 0 Å². The molecule has 0 aromatic heterocycles. The first kappa shape index (κ1) is 16.5. The van der Waals surface area contributed by atoms with Crippen molar-refractivity contribution in [3.8, 4) is 0 Å². The van der Waals surface area contributed by atoms with Crippen molar-refractivity contribution in [2.45, 2.75) is 31.9 Å². The molecule has 0 unspecified atom stereocenters. The molecule has 0 aliphatic heterocycles. The van der Waals surface area contributed by atoms with Crippen molar-refractivity contribution in [1.29, 1.82) is 0 Å². The van der Waals surface area contributed by atoms with Gasteiger partial charge in [0.2, 0.25) is 0 Å². The SMILES string of the molecule is O=C(O)CCC[C@H](NC(=O)OCc1ccccc1)C(=O)O. The number of aliphatic carboxylic acids is 2. The lowest BCUT2D eigenvalue weighted by Gasteiger charge is -2.14. The van der Waals surface area contributed by atoms with Gasteiger partial charge in [0.1, 0.15) is 12.6 Å². The van der Waals surface area contributed by atoms with Crippen molar-refractivity contribution in [1.82, 2.24) is 5.32 Å². The second kappa shape index (κ2) is 8.57. The molecule has 7 nitrogen and oxygen atoms in total. The van der Waals surface area contributed by atoms with Gasteiger partial charge in [0.05, 0.1) is 0 Å². The molecular formula is C14H17NO6. The van der Waals surface area contributed by atoms with Crippen molar-refractivity contribution in [2.24, 2.45) is 0 Å². The number of alkyl carbamates (subject to hydrolysis) is 1. The van der Waals surface area contributed by atoms with Gasteiger partial charge in [-0.25, -0.2) is 9.59 Å². The first-order valence-electron chi connectivity index (χ1n) is 6.41. The van der Waals surface area contributed by atoms with Gasteiger partial charge < -0.3 is 20.3 Å². The lowest BCUT2D eigenvalue weighted by atomic mass is 10.1. The Hall–Kier alpha value is -2.57. The molecule has 1 aromatic carbocycles. The van der Waals surface area contributed by atoms with Gasteiger partial charge in [0.15, 0.2) is 0 Å². The summed E-state index contributed by atoms with van der Waals surface area (Å²) in [6.07, 6.45) is -0.806. The highest BCUT2D eigenvalue weighted by atomic mass is 16.5. The molecule has 21 heavy (non-hydrogen) atoms. The van der Waals surface area contributed by atoms with E-state index in [9.17, 15) is 14.4 Å². The Balaban J connectivity index is 2.38. The van der Waals surface area contributed by atoms with Crippen LogP contribution in [0.3, 0.4) is 0 Å². The molecule has 0 fully saturated rings. The average molecular weight is 295 g/mol. The molecule has 1 atom stereocenters. The van der Waals surface area contributed by atoms with Gasteiger partial charge in [-0.1, -0.05) is 30.3 Å². The van der Waals surface area contributed by atoms with Crippen LogP contribution in [-0.4, -0.2) is 34.3 Å². The smallest absolute Gasteiger partial charge is 0.408 e. The highest BCUT2D eigenvalue weighted by Crippen LogP contribution is 2.04. The van der Waals surface area contributed by atoms with Gasteiger partial charge >= 0.3 is 18.0 Å². The third kappa shape index (κ3) is 6.95. The summed E-state index contributed by atoms with van der Waals surface area (Å²) in [6, 6.07) is 7.80. The van der Waals surface area contributed by atoms with E-state index < -0.39 is 24.1 Å². The maximum Gasteiger partial charge on any atom is 0.408 e. The van der Waals surface area contributed by atoms with E-state index >= 15 is 0 Å². The van der Waals surface area contributed by atoms with Gasteiger partial charge in [-0.05, 0) is 18.4 Å². The Bertz CT molecular complexity index is 487. The van der Waals surface area contributed by atoms with E-state index in [2.05, 4.69) is 5.32 Å². The number of ether oxygens (including phenoxy) is 1. The Morgan fingerprint density at radius 1 is 1.14 bits per heavy atom. The molecule has 114 valence electrons. The van der Waals surface area contributed by atoms with Crippen LogP contribution in [0, 0.1) is 0 Å². The summed E-state index contributed by atoms with van der Waals surface area (Å²) < 4.78 is 4.91. The molecule has 0 heterocycles. The highest BCUT2D eigenvalue weighted by Gasteiger charge is 2.20. The number of carbonyl (C=O) groups excluding carboxylic acids is 1. The minimum Gasteiger partial charge on any atom is -0.481 e. The van der Waals surface area contributed by atoms with E-state index in [4.69, 9.17) is 14.9 Å². The molecule has 0 spiro atoms. The number of carbonyl (C=O) groups is 3. The van der Waals surface area contributed by atoms with Crippen LogP contribution < -0.4 is 5.32 Å². The lowest BCUT2D eigenvalue weighted by molar-refractivity contribution is -0.141. The zero-order valence-electron chi connectivity index (χ0n) is 11.3. The van der Waals surface area contributed by atoms with Gasteiger partial charge in [0.25, 0.3) is 0 Å². The van der Waals surface area contributed by atoms with Crippen LogP contribution in [0.5, 0.6) is 0 Å². The van der Waals surface area contributed by atoms with Crippen molar-refractivity contribution in [3.05, 3.63) is 35.9 Å². The topological polar surface area (TPSA) is 113 Å². The fourth-order valence-electron chi connectivity index (χ4n) is 1.62. The van der Waals surface area contributed by atoms with Gasteiger partial charge in [-0.2, -0.15) is 0 Å². The Morgan fingerprint density at radius 3 is 2.38 bits per heavy atom. The highest BCUT2D eigenvalue weighted by molar-refractivity contribution is 5.79. The van der Waals surface area contributed by atoms with Crippen molar-refractivity contribution >= 4 is 18.0 Å². The molecule has 0 aliphatic carbocycles. The fourth-order valence-corrected chi connectivity index (χ4v) is 1.62. The molecule has 0 aliphatic rings. The van der Waals surface area contributed by atoms with Crippen molar-refractivity contribution in [3.63, 3.8) is 0 Å². The minimum atomic E-state index is -1.22. The number of benzene rings is 1. The number of nitrogens with one attached hydrogen (secondary N) is 1. The van der Waals surface area contributed by atoms with Crippen molar-refractivity contribution in [2.75, 3.05) is 0 Å². The number of hydrogen-bond donors (Lipinski definition) is 3. The van der Waals surface area contributed by atoms with Crippen molar-refractivity contribution < 1.29 is 29.3 Å². The summed E-state index contributed by atoms with van der Waals surface area (Å²) in [7, 11) is 0. The third-order valence-electron chi connectivity index (χ3n) is 2.69. The maximum absolute atomic E-state index is 11.5. The molecule has 3 N–H and O–H groups in total. The molecule has 0 radical (unpaired) electrons. The predicted octanol–water partition coefficient (Wildman–Crippen LogP) is 1.62. The first-order chi connectivity index (χ1) is 9.99. The van der Waals surface area contributed by atoms with Crippen LogP contribution in [0.4, 0.5) is 4.79 Å².